The van der Waals surface area contributed by atoms with E-state index >= 15 is 0 Å². The molecule has 3 rings (SSSR count). The molecule has 2 heterocycles. The Hall–Kier alpha value is -2.37. The van der Waals surface area contributed by atoms with Crippen molar-refractivity contribution in [1.82, 2.24) is 14.9 Å². The average Bonchev–Trinajstić information content (AvgIpc) is 3.12. The maximum atomic E-state index is 12.6. The number of aromatic nitrogens is 2. The second-order valence-electron chi connectivity index (χ2n) is 5.66. The fraction of sp³-hybridized carbons (Fsp3) is 0.400. The highest BCUT2D eigenvalue weighted by Crippen LogP contribution is 2.32. The van der Waals surface area contributed by atoms with E-state index in [0.29, 0.717) is 25.1 Å². The molecule has 1 aliphatic rings. The van der Waals surface area contributed by atoms with Crippen molar-refractivity contribution in [3.63, 3.8) is 0 Å². The first-order chi connectivity index (χ1) is 10.0. The van der Waals surface area contributed by atoms with Crippen molar-refractivity contribution < 1.29 is 14.3 Å². The summed E-state index contributed by atoms with van der Waals surface area (Å²) in [5, 5.41) is 0. The standard InChI is InChI=1S/C15H17N3O3/c1-15(14(20)21-2)5-6-18(8-15)13(19)10-3-4-11-12(7-10)17-9-16-11/h3-4,7,9H,5-6,8H2,1-2H3,(H,16,17). The molecular formula is C15H17N3O3. The van der Waals surface area contributed by atoms with Gasteiger partial charge in [-0.15, -0.1) is 0 Å². The van der Waals surface area contributed by atoms with Crippen molar-refractivity contribution >= 4 is 22.9 Å². The SMILES string of the molecule is COC(=O)C1(C)CCN(C(=O)c2ccc3nc[nH]c3c2)C1. The van der Waals surface area contributed by atoms with Crippen LogP contribution in [0.3, 0.4) is 0 Å². The molecule has 1 amide bonds. The Labute approximate surface area is 122 Å². The van der Waals surface area contributed by atoms with Crippen molar-refractivity contribution in [1.29, 1.82) is 0 Å². The number of fused-ring (bicyclic) bond motifs is 1. The van der Waals surface area contributed by atoms with E-state index in [0.717, 1.165) is 11.0 Å². The first kappa shape index (κ1) is 13.6. The van der Waals surface area contributed by atoms with E-state index in [1.807, 2.05) is 13.0 Å². The van der Waals surface area contributed by atoms with Crippen molar-refractivity contribution in [2.45, 2.75) is 13.3 Å². The van der Waals surface area contributed by atoms with E-state index in [-0.39, 0.29) is 11.9 Å². The van der Waals surface area contributed by atoms with Crippen LogP contribution in [-0.2, 0) is 9.53 Å². The number of carbonyl (C=O) groups excluding carboxylic acids is 2. The molecule has 0 bridgehead atoms. The van der Waals surface area contributed by atoms with Gasteiger partial charge in [0.2, 0.25) is 0 Å². The number of benzene rings is 1. The zero-order chi connectivity index (χ0) is 15.0. The Bertz CT molecular complexity index is 709. The number of esters is 1. The molecule has 6 nitrogen and oxygen atoms in total. The van der Waals surface area contributed by atoms with Crippen LogP contribution in [0.15, 0.2) is 24.5 Å². The molecule has 1 aliphatic heterocycles. The van der Waals surface area contributed by atoms with Gasteiger partial charge in [0.05, 0.1) is 29.9 Å². The van der Waals surface area contributed by atoms with Gasteiger partial charge in [-0.2, -0.15) is 0 Å². The van der Waals surface area contributed by atoms with E-state index in [9.17, 15) is 9.59 Å². The number of nitrogens with one attached hydrogen (secondary N) is 1. The zero-order valence-electron chi connectivity index (χ0n) is 12.0. The maximum Gasteiger partial charge on any atom is 0.313 e. The molecule has 110 valence electrons. The van der Waals surface area contributed by atoms with Crippen LogP contribution in [0.25, 0.3) is 11.0 Å². The smallest absolute Gasteiger partial charge is 0.313 e. The first-order valence-electron chi connectivity index (χ1n) is 6.84. The number of rotatable bonds is 2. The van der Waals surface area contributed by atoms with Crippen molar-refractivity contribution in [3.05, 3.63) is 30.1 Å². The summed E-state index contributed by atoms with van der Waals surface area (Å²) in [6.07, 6.45) is 2.22. The van der Waals surface area contributed by atoms with E-state index in [1.165, 1.54) is 7.11 Å². The number of ether oxygens (including phenoxy) is 1. The summed E-state index contributed by atoms with van der Waals surface area (Å²) in [6.45, 7) is 2.79. The minimum atomic E-state index is -0.609. The van der Waals surface area contributed by atoms with Crippen LogP contribution in [-0.4, -0.2) is 46.9 Å². The number of aromatic amines is 1. The molecule has 0 spiro atoms. The molecule has 21 heavy (non-hydrogen) atoms. The number of amides is 1. The number of carbonyl (C=O) groups is 2. The molecule has 1 N–H and O–H groups in total. The highest BCUT2D eigenvalue weighted by atomic mass is 16.5. The summed E-state index contributed by atoms with van der Waals surface area (Å²) in [6, 6.07) is 5.37. The van der Waals surface area contributed by atoms with Crippen molar-refractivity contribution in [3.8, 4) is 0 Å². The number of likely N-dealkylation sites (tertiary alicyclic amines) is 1. The number of hydrogen-bond acceptors (Lipinski definition) is 4. The third-order valence-corrected chi connectivity index (χ3v) is 4.11. The highest BCUT2D eigenvalue weighted by Gasteiger charge is 2.43. The summed E-state index contributed by atoms with van der Waals surface area (Å²) in [5.74, 6) is -0.332. The summed E-state index contributed by atoms with van der Waals surface area (Å²) in [5.41, 5.74) is 1.65. The Morgan fingerprint density at radius 3 is 3.00 bits per heavy atom. The van der Waals surface area contributed by atoms with Gasteiger partial charge in [-0.25, -0.2) is 4.98 Å². The quantitative estimate of drug-likeness (QED) is 0.851. The van der Waals surface area contributed by atoms with Gasteiger partial charge in [0.15, 0.2) is 0 Å². The topological polar surface area (TPSA) is 75.3 Å². The lowest BCUT2D eigenvalue weighted by molar-refractivity contribution is -0.150. The van der Waals surface area contributed by atoms with Crippen molar-refractivity contribution in [2.75, 3.05) is 20.2 Å². The van der Waals surface area contributed by atoms with Crippen LogP contribution in [0.4, 0.5) is 0 Å². The minimum Gasteiger partial charge on any atom is -0.469 e. The van der Waals surface area contributed by atoms with Crippen LogP contribution >= 0.6 is 0 Å². The summed E-state index contributed by atoms with van der Waals surface area (Å²) in [4.78, 5) is 33.2. The van der Waals surface area contributed by atoms with Gasteiger partial charge in [-0.3, -0.25) is 9.59 Å². The van der Waals surface area contributed by atoms with E-state index in [2.05, 4.69) is 9.97 Å². The molecule has 1 unspecified atom stereocenters. The molecule has 1 atom stereocenters. The average molecular weight is 287 g/mol. The van der Waals surface area contributed by atoms with Gasteiger partial charge in [-0.1, -0.05) is 0 Å². The molecule has 2 aromatic rings. The van der Waals surface area contributed by atoms with Crippen LogP contribution < -0.4 is 0 Å². The molecule has 6 heteroatoms. The lowest BCUT2D eigenvalue weighted by atomic mass is 9.90. The van der Waals surface area contributed by atoms with Gasteiger partial charge in [0.1, 0.15) is 0 Å². The highest BCUT2D eigenvalue weighted by molar-refractivity contribution is 5.98. The minimum absolute atomic E-state index is 0.0703. The predicted molar refractivity (Wildman–Crippen MR) is 76.7 cm³/mol. The molecule has 0 saturated carbocycles. The van der Waals surface area contributed by atoms with E-state index < -0.39 is 5.41 Å². The number of nitrogens with zero attached hydrogens (tertiary/aromatic N) is 2. The Balaban J connectivity index is 1.81. The third-order valence-electron chi connectivity index (χ3n) is 4.11. The fourth-order valence-corrected chi connectivity index (χ4v) is 2.80. The normalized spacial score (nSPS) is 21.7. The number of imidazole rings is 1. The number of hydrogen-bond donors (Lipinski definition) is 1. The Morgan fingerprint density at radius 1 is 1.43 bits per heavy atom. The Morgan fingerprint density at radius 2 is 2.24 bits per heavy atom. The van der Waals surface area contributed by atoms with Crippen LogP contribution in [0.2, 0.25) is 0 Å². The summed E-state index contributed by atoms with van der Waals surface area (Å²) < 4.78 is 4.83. The second kappa shape index (κ2) is 4.87. The van der Waals surface area contributed by atoms with Gasteiger partial charge in [0, 0.05) is 18.7 Å². The number of methoxy groups -OCH3 is 1. The molecule has 1 fully saturated rings. The molecule has 1 aromatic heterocycles. The Kier molecular flexibility index (Phi) is 3.16. The summed E-state index contributed by atoms with van der Waals surface area (Å²) in [7, 11) is 1.38. The fourth-order valence-electron chi connectivity index (χ4n) is 2.80. The van der Waals surface area contributed by atoms with E-state index in [1.54, 1.807) is 23.4 Å². The van der Waals surface area contributed by atoms with E-state index in [4.69, 9.17) is 4.74 Å². The second-order valence-corrected chi connectivity index (χ2v) is 5.66. The third kappa shape index (κ3) is 2.26. The largest absolute Gasteiger partial charge is 0.469 e. The van der Waals surface area contributed by atoms with Crippen LogP contribution in [0.5, 0.6) is 0 Å². The maximum absolute atomic E-state index is 12.6. The molecule has 0 aliphatic carbocycles. The van der Waals surface area contributed by atoms with Crippen LogP contribution in [0, 0.1) is 5.41 Å². The zero-order valence-corrected chi connectivity index (χ0v) is 12.0. The lowest BCUT2D eigenvalue weighted by Gasteiger charge is -2.21. The number of H-pyrrole nitrogens is 1. The molecular weight excluding hydrogens is 270 g/mol. The lowest BCUT2D eigenvalue weighted by Crippen LogP contribution is -2.35. The van der Waals surface area contributed by atoms with Crippen LogP contribution in [0.1, 0.15) is 23.7 Å². The van der Waals surface area contributed by atoms with Gasteiger partial charge < -0.3 is 14.6 Å². The van der Waals surface area contributed by atoms with Gasteiger partial charge >= 0.3 is 5.97 Å². The van der Waals surface area contributed by atoms with Crippen molar-refractivity contribution in [2.24, 2.45) is 5.41 Å². The first-order valence-corrected chi connectivity index (χ1v) is 6.84. The van der Waals surface area contributed by atoms with Gasteiger partial charge in [-0.05, 0) is 31.5 Å². The predicted octanol–water partition coefficient (Wildman–Crippen LogP) is 1.59. The summed E-state index contributed by atoms with van der Waals surface area (Å²) >= 11 is 0. The monoisotopic (exact) mass is 287 g/mol. The van der Waals surface area contributed by atoms with Gasteiger partial charge in [0.25, 0.3) is 5.91 Å². The molecule has 0 radical (unpaired) electrons. The molecule has 1 saturated heterocycles. The molecule has 1 aromatic carbocycles.